The van der Waals surface area contributed by atoms with Gasteiger partial charge >= 0.3 is 0 Å². The minimum absolute atomic E-state index is 0.0994. The van der Waals surface area contributed by atoms with Crippen molar-refractivity contribution in [2.24, 2.45) is 5.92 Å². The second-order valence-electron chi connectivity index (χ2n) is 6.80. The van der Waals surface area contributed by atoms with Gasteiger partial charge in [-0.2, -0.15) is 0 Å². The average Bonchev–Trinajstić information content (AvgIpc) is 2.73. The zero-order valence-corrected chi connectivity index (χ0v) is 15.8. The van der Waals surface area contributed by atoms with Crippen molar-refractivity contribution in [1.82, 2.24) is 20.2 Å². The molecule has 0 radical (unpaired) electrons. The predicted molar refractivity (Wildman–Crippen MR) is 104 cm³/mol. The molecular weight excluding hydrogens is 361 g/mol. The van der Waals surface area contributed by atoms with E-state index in [0.29, 0.717) is 43.3 Å². The molecule has 1 aliphatic heterocycles. The van der Waals surface area contributed by atoms with Crippen LogP contribution < -0.4 is 10.6 Å². The van der Waals surface area contributed by atoms with Gasteiger partial charge in [0, 0.05) is 44.1 Å². The predicted octanol–water partition coefficient (Wildman–Crippen LogP) is 2.33. The van der Waals surface area contributed by atoms with Crippen LogP contribution in [0.3, 0.4) is 0 Å². The Balaban J connectivity index is 1.53. The van der Waals surface area contributed by atoms with Crippen LogP contribution in [-0.4, -0.2) is 52.9 Å². The molecular formula is C20H24FN5O2. The number of piperidine rings is 1. The number of hydrogen-bond donors (Lipinski definition) is 2. The molecule has 7 nitrogen and oxygen atoms in total. The lowest BCUT2D eigenvalue weighted by Gasteiger charge is -2.32. The number of hydrogen-bond acceptors (Lipinski definition) is 5. The number of aromatic nitrogens is 2. The zero-order valence-electron chi connectivity index (χ0n) is 15.8. The summed E-state index contributed by atoms with van der Waals surface area (Å²) in [5.41, 5.74) is 0.876. The fourth-order valence-corrected chi connectivity index (χ4v) is 3.23. The van der Waals surface area contributed by atoms with Crippen molar-refractivity contribution in [1.29, 1.82) is 0 Å². The molecule has 1 aromatic heterocycles. The third-order valence-electron chi connectivity index (χ3n) is 4.70. The van der Waals surface area contributed by atoms with Crippen molar-refractivity contribution in [2.75, 3.05) is 31.5 Å². The number of rotatable bonds is 6. The maximum absolute atomic E-state index is 13.0. The molecule has 1 fully saturated rings. The number of benzene rings is 1. The minimum atomic E-state index is -0.375. The third kappa shape index (κ3) is 5.03. The smallest absolute Gasteiger partial charge is 0.257 e. The Kier molecular flexibility index (Phi) is 6.52. The van der Waals surface area contributed by atoms with Gasteiger partial charge < -0.3 is 15.5 Å². The first-order valence-corrected chi connectivity index (χ1v) is 9.45. The number of carbonyl (C=O) groups is 2. The number of nitrogens with one attached hydrogen (secondary N) is 2. The Labute approximate surface area is 163 Å². The Morgan fingerprint density at radius 2 is 1.89 bits per heavy atom. The lowest BCUT2D eigenvalue weighted by Crippen LogP contribution is -2.43. The summed E-state index contributed by atoms with van der Waals surface area (Å²) in [6, 6.07) is 5.44. The molecule has 0 saturated carbocycles. The summed E-state index contributed by atoms with van der Waals surface area (Å²) in [4.78, 5) is 35.0. The molecule has 28 heavy (non-hydrogen) atoms. The minimum Gasteiger partial charge on any atom is -0.355 e. The summed E-state index contributed by atoms with van der Waals surface area (Å²) < 4.78 is 13.0. The second-order valence-corrected chi connectivity index (χ2v) is 6.80. The molecule has 2 heterocycles. The molecule has 148 valence electrons. The van der Waals surface area contributed by atoms with E-state index in [1.54, 1.807) is 4.90 Å². The molecule has 1 unspecified atom stereocenters. The highest BCUT2D eigenvalue weighted by molar-refractivity contribution is 5.94. The average molecular weight is 385 g/mol. The first-order valence-electron chi connectivity index (χ1n) is 9.45. The summed E-state index contributed by atoms with van der Waals surface area (Å²) in [5.74, 6) is -0.0444. The van der Waals surface area contributed by atoms with E-state index < -0.39 is 0 Å². The Hall–Kier alpha value is -3.03. The van der Waals surface area contributed by atoms with Crippen LogP contribution in [0.2, 0.25) is 0 Å². The monoisotopic (exact) mass is 385 g/mol. The van der Waals surface area contributed by atoms with Crippen LogP contribution in [0.25, 0.3) is 0 Å². The number of likely N-dealkylation sites (tertiary alicyclic amines) is 1. The molecule has 0 spiro atoms. The SMILES string of the molecule is CCNc1ncc(C(=O)N2CCCC(CNC(=O)c3ccc(F)cc3)C2)cn1. The van der Waals surface area contributed by atoms with Crippen LogP contribution in [0.5, 0.6) is 0 Å². The fourth-order valence-electron chi connectivity index (χ4n) is 3.23. The van der Waals surface area contributed by atoms with Gasteiger partial charge in [-0.05, 0) is 49.9 Å². The Morgan fingerprint density at radius 1 is 1.18 bits per heavy atom. The first kappa shape index (κ1) is 19.7. The van der Waals surface area contributed by atoms with Gasteiger partial charge in [0.05, 0.1) is 5.56 Å². The van der Waals surface area contributed by atoms with Crippen molar-refractivity contribution in [3.05, 3.63) is 53.6 Å². The highest BCUT2D eigenvalue weighted by Crippen LogP contribution is 2.18. The molecule has 1 atom stereocenters. The number of carbonyl (C=O) groups excluding carboxylic acids is 2. The normalized spacial score (nSPS) is 16.5. The summed E-state index contributed by atoms with van der Waals surface area (Å²) in [6.45, 7) is 4.37. The lowest BCUT2D eigenvalue weighted by atomic mass is 9.97. The highest BCUT2D eigenvalue weighted by atomic mass is 19.1. The van der Waals surface area contributed by atoms with Gasteiger partial charge in [-0.15, -0.1) is 0 Å². The number of anilines is 1. The zero-order chi connectivity index (χ0) is 19.9. The summed E-state index contributed by atoms with van der Waals surface area (Å²) >= 11 is 0. The van der Waals surface area contributed by atoms with Gasteiger partial charge in [-0.3, -0.25) is 9.59 Å². The molecule has 2 N–H and O–H groups in total. The molecule has 1 aliphatic rings. The van der Waals surface area contributed by atoms with Crippen molar-refractivity contribution >= 4 is 17.8 Å². The van der Waals surface area contributed by atoms with Gasteiger partial charge in [0.25, 0.3) is 11.8 Å². The topological polar surface area (TPSA) is 87.2 Å². The number of nitrogens with zero attached hydrogens (tertiary/aromatic N) is 3. The number of amides is 2. The van der Waals surface area contributed by atoms with Crippen LogP contribution in [0.15, 0.2) is 36.7 Å². The van der Waals surface area contributed by atoms with E-state index in [1.807, 2.05) is 6.92 Å². The van der Waals surface area contributed by atoms with Crippen LogP contribution >= 0.6 is 0 Å². The molecule has 1 aromatic carbocycles. The lowest BCUT2D eigenvalue weighted by molar-refractivity contribution is 0.0670. The van der Waals surface area contributed by atoms with Gasteiger partial charge in [-0.25, -0.2) is 14.4 Å². The fraction of sp³-hybridized carbons (Fsp3) is 0.400. The summed E-state index contributed by atoms with van der Waals surface area (Å²) in [6.07, 6.45) is 4.88. The largest absolute Gasteiger partial charge is 0.355 e. The van der Waals surface area contributed by atoms with E-state index in [1.165, 1.54) is 36.7 Å². The third-order valence-corrected chi connectivity index (χ3v) is 4.70. The van der Waals surface area contributed by atoms with Crippen molar-refractivity contribution in [3.8, 4) is 0 Å². The Morgan fingerprint density at radius 3 is 2.57 bits per heavy atom. The van der Waals surface area contributed by atoms with Crippen LogP contribution in [0.4, 0.5) is 10.3 Å². The Bertz CT molecular complexity index is 810. The quantitative estimate of drug-likeness (QED) is 0.797. The molecule has 8 heteroatoms. The van der Waals surface area contributed by atoms with Crippen LogP contribution in [0, 0.1) is 11.7 Å². The highest BCUT2D eigenvalue weighted by Gasteiger charge is 2.25. The van der Waals surface area contributed by atoms with Gasteiger partial charge in [-0.1, -0.05) is 0 Å². The maximum Gasteiger partial charge on any atom is 0.257 e. The second kappa shape index (κ2) is 9.25. The maximum atomic E-state index is 13.0. The molecule has 3 rings (SSSR count). The molecule has 0 aliphatic carbocycles. The van der Waals surface area contributed by atoms with Crippen LogP contribution in [-0.2, 0) is 0 Å². The van der Waals surface area contributed by atoms with Gasteiger partial charge in [0.15, 0.2) is 0 Å². The van der Waals surface area contributed by atoms with E-state index in [9.17, 15) is 14.0 Å². The van der Waals surface area contributed by atoms with Crippen molar-refractivity contribution in [2.45, 2.75) is 19.8 Å². The van der Waals surface area contributed by atoms with E-state index in [4.69, 9.17) is 0 Å². The van der Waals surface area contributed by atoms with E-state index >= 15 is 0 Å². The summed E-state index contributed by atoms with van der Waals surface area (Å²) in [5, 5.41) is 5.87. The molecule has 1 saturated heterocycles. The van der Waals surface area contributed by atoms with Gasteiger partial charge in [0.2, 0.25) is 5.95 Å². The van der Waals surface area contributed by atoms with Crippen molar-refractivity contribution < 1.29 is 14.0 Å². The standard InChI is InChI=1S/C20H24FN5O2/c1-2-22-20-24-11-16(12-25-20)19(28)26-9-3-4-14(13-26)10-23-18(27)15-5-7-17(21)8-6-15/h5-8,11-12,14H,2-4,9-10,13H2,1H3,(H,23,27)(H,22,24,25). The first-order chi connectivity index (χ1) is 13.6. The molecule has 2 amide bonds. The van der Waals surface area contributed by atoms with Crippen LogP contribution in [0.1, 0.15) is 40.5 Å². The molecule has 0 bridgehead atoms. The molecule has 2 aromatic rings. The number of halogens is 1. The van der Waals surface area contributed by atoms with E-state index in [2.05, 4.69) is 20.6 Å². The van der Waals surface area contributed by atoms with Gasteiger partial charge in [0.1, 0.15) is 5.82 Å². The summed E-state index contributed by atoms with van der Waals surface area (Å²) in [7, 11) is 0. The van der Waals surface area contributed by atoms with Crippen molar-refractivity contribution in [3.63, 3.8) is 0 Å². The van der Waals surface area contributed by atoms with E-state index in [0.717, 1.165) is 12.8 Å². The van der Waals surface area contributed by atoms with E-state index in [-0.39, 0.29) is 23.5 Å².